The van der Waals surface area contributed by atoms with Crippen molar-refractivity contribution in [1.29, 1.82) is 0 Å². The van der Waals surface area contributed by atoms with Crippen molar-refractivity contribution in [2.75, 3.05) is 42.0 Å². The maximum atomic E-state index is 10.3. The van der Waals surface area contributed by atoms with Gasteiger partial charge in [-0.25, -0.2) is 5.48 Å². The highest BCUT2D eigenvalue weighted by Gasteiger charge is 2.22. The Kier molecular flexibility index (Phi) is 54.3. The first-order chi connectivity index (χ1) is 15.2. The Morgan fingerprint density at radius 3 is 1.24 bits per heavy atom. The molecule has 3 amide bonds. The van der Waals surface area contributed by atoms with E-state index in [-0.39, 0.29) is 24.3 Å². The Hall–Kier alpha value is -2.15. The molecule has 0 aromatic rings. The number of hydroxylamine groups is 1. The zero-order chi connectivity index (χ0) is 27.8. The Morgan fingerprint density at radius 1 is 0.939 bits per heavy atom. The number of aliphatic hydroxyl groups is 1. The van der Waals surface area contributed by atoms with Gasteiger partial charge in [0, 0.05) is 62.1 Å². The molecule has 1 saturated carbocycles. The van der Waals surface area contributed by atoms with E-state index in [0.29, 0.717) is 5.78 Å². The van der Waals surface area contributed by atoms with Crippen molar-refractivity contribution in [3.63, 3.8) is 0 Å². The lowest BCUT2D eigenvalue weighted by Crippen LogP contribution is -2.17. The Balaban J connectivity index is -0.0000000659. The van der Waals surface area contributed by atoms with Crippen LogP contribution in [0.2, 0.25) is 0 Å². The maximum absolute atomic E-state index is 10.3. The minimum absolute atomic E-state index is 0.00463. The van der Waals surface area contributed by atoms with Crippen LogP contribution in [0.15, 0.2) is 0 Å². The molecule has 0 aliphatic heterocycles. The molecule has 11 nitrogen and oxygen atoms in total. The van der Waals surface area contributed by atoms with Gasteiger partial charge in [0.05, 0.1) is 12.1 Å². The fraction of sp³-hybridized carbons (Fsp3) is 0.762. The number of Topliss-reactive ketones (excluding diaryl/α,β-unsaturated/α-hetero) is 1. The van der Waals surface area contributed by atoms with Crippen molar-refractivity contribution >= 4 is 40.7 Å². The van der Waals surface area contributed by atoms with Gasteiger partial charge in [-0.3, -0.25) is 19.2 Å². The molecule has 0 aromatic carbocycles. The number of primary amides is 1. The van der Waals surface area contributed by atoms with Crippen LogP contribution in [0.3, 0.4) is 0 Å². The summed E-state index contributed by atoms with van der Waals surface area (Å²) in [6, 6.07) is 0. The van der Waals surface area contributed by atoms with Crippen molar-refractivity contribution < 1.29 is 33.9 Å². The molecule has 0 unspecified atom stereocenters. The standard InChI is InChI=1S/C6H10O.C3H7NO2.C3H7NO.C3H7NS.C2H5NO.2C2H6O/c1-5(7)4-6-2-3-6;1-3(5)4-6-2;2*1-3(5)4-2;1-2(3)4;1-3-2;1-2-3/h6H,2-4H2,1H3;1-2H3,(H,4,5);2*1-2H3,(H,4,5);1H3,(H2,3,4);1-2H3;3H,2H2,1H3. The number of ketones is 1. The van der Waals surface area contributed by atoms with Gasteiger partial charge < -0.3 is 31.0 Å². The summed E-state index contributed by atoms with van der Waals surface area (Å²) >= 11 is 4.59. The minimum atomic E-state index is -0.333. The Labute approximate surface area is 205 Å². The molecule has 0 saturated heterocycles. The first kappa shape index (κ1) is 44.5. The number of thiocarbonyl (C=S) groups is 1. The van der Waals surface area contributed by atoms with Crippen LogP contribution in [0.25, 0.3) is 0 Å². The van der Waals surface area contributed by atoms with Crippen molar-refractivity contribution in [2.24, 2.45) is 11.7 Å². The first-order valence-corrected chi connectivity index (χ1v) is 10.5. The van der Waals surface area contributed by atoms with Gasteiger partial charge in [0.25, 0.3) is 0 Å². The topological polar surface area (TPSA) is 169 Å². The molecule has 12 heteroatoms. The normalized spacial score (nSPS) is 9.45. The molecule has 6 N–H and O–H groups in total. The first-order valence-electron chi connectivity index (χ1n) is 10.1. The van der Waals surface area contributed by atoms with Crippen LogP contribution < -0.4 is 21.8 Å². The Morgan fingerprint density at radius 2 is 1.21 bits per heavy atom. The highest BCUT2D eigenvalue weighted by atomic mass is 32.1. The molecular weight excluding hydrogens is 452 g/mol. The number of methoxy groups -OCH3 is 1. The lowest BCUT2D eigenvalue weighted by molar-refractivity contribution is -0.129. The summed E-state index contributed by atoms with van der Waals surface area (Å²) in [7, 11) is 8.05. The quantitative estimate of drug-likeness (QED) is 0.281. The van der Waals surface area contributed by atoms with Crippen LogP contribution in [-0.2, 0) is 28.8 Å². The van der Waals surface area contributed by atoms with Crippen LogP contribution in [0.4, 0.5) is 0 Å². The fourth-order valence-electron chi connectivity index (χ4n) is 0.872. The molecule has 0 atom stereocenters. The molecular formula is C21H48N4O7S. The number of carbonyl (C=O) groups excluding carboxylic acids is 4. The number of rotatable bonds is 3. The zero-order valence-corrected chi connectivity index (χ0v) is 23.1. The average molecular weight is 501 g/mol. The zero-order valence-electron chi connectivity index (χ0n) is 22.3. The second-order valence-corrected chi connectivity index (χ2v) is 6.77. The molecule has 0 radical (unpaired) electrons. The molecule has 0 heterocycles. The van der Waals surface area contributed by atoms with E-state index < -0.39 is 0 Å². The van der Waals surface area contributed by atoms with E-state index in [1.807, 2.05) is 14.0 Å². The number of ether oxygens (including phenoxy) is 1. The highest BCUT2D eigenvalue weighted by Crippen LogP contribution is 2.32. The van der Waals surface area contributed by atoms with E-state index in [1.54, 1.807) is 35.1 Å². The third kappa shape index (κ3) is 165. The SMILES string of the molecule is CC(=O)CC1CC1.CC(N)=O.CCO.CNC(C)=O.CNC(C)=S.COC.CONC(C)=O. The number of carbonyl (C=O) groups is 4. The predicted octanol–water partition coefficient (Wildman–Crippen LogP) is 1.12. The summed E-state index contributed by atoms with van der Waals surface area (Å²) in [5, 5.41) is 12.7. The minimum Gasteiger partial charge on any atom is -0.397 e. The number of amides is 3. The van der Waals surface area contributed by atoms with Gasteiger partial charge in [0.15, 0.2) is 0 Å². The van der Waals surface area contributed by atoms with E-state index in [2.05, 4.69) is 43.6 Å². The van der Waals surface area contributed by atoms with Gasteiger partial charge in [0.2, 0.25) is 17.7 Å². The maximum Gasteiger partial charge on any atom is 0.240 e. The van der Waals surface area contributed by atoms with Crippen LogP contribution in [0.1, 0.15) is 60.8 Å². The van der Waals surface area contributed by atoms with Gasteiger partial charge >= 0.3 is 0 Å². The van der Waals surface area contributed by atoms with Crippen LogP contribution in [0.5, 0.6) is 0 Å². The molecule has 0 bridgehead atoms. The van der Waals surface area contributed by atoms with Gasteiger partial charge in [-0.05, 0) is 39.5 Å². The second kappa shape index (κ2) is 40.2. The number of hydrogen-bond acceptors (Lipinski definition) is 8. The van der Waals surface area contributed by atoms with Crippen LogP contribution in [0, 0.1) is 5.92 Å². The lowest BCUT2D eigenvalue weighted by Gasteiger charge is -1.90. The van der Waals surface area contributed by atoms with Crippen molar-refractivity contribution in [3.8, 4) is 0 Å². The third-order valence-corrected chi connectivity index (χ3v) is 2.43. The average Bonchev–Trinajstić information content (AvgIpc) is 3.47. The smallest absolute Gasteiger partial charge is 0.240 e. The van der Waals surface area contributed by atoms with Gasteiger partial charge in [-0.15, -0.1) is 0 Å². The fourth-order valence-corrected chi connectivity index (χ4v) is 0.872. The predicted molar refractivity (Wildman–Crippen MR) is 136 cm³/mol. The highest BCUT2D eigenvalue weighted by molar-refractivity contribution is 7.80. The molecule has 1 aliphatic rings. The van der Waals surface area contributed by atoms with E-state index in [1.165, 1.54) is 40.7 Å². The van der Waals surface area contributed by atoms with E-state index >= 15 is 0 Å². The van der Waals surface area contributed by atoms with Crippen molar-refractivity contribution in [2.45, 2.75) is 60.8 Å². The summed E-state index contributed by atoms with van der Waals surface area (Å²) in [5.41, 5.74) is 6.54. The van der Waals surface area contributed by atoms with Crippen LogP contribution in [-0.4, -0.2) is 75.6 Å². The molecule has 200 valence electrons. The van der Waals surface area contributed by atoms with E-state index in [4.69, 9.17) is 5.11 Å². The second-order valence-electron chi connectivity index (χ2n) is 6.16. The van der Waals surface area contributed by atoms with Gasteiger partial charge in [0.1, 0.15) is 5.78 Å². The number of nitrogens with two attached hydrogens (primary N) is 1. The molecule has 33 heavy (non-hydrogen) atoms. The molecule has 1 rings (SSSR count). The number of hydrogen-bond donors (Lipinski definition) is 5. The summed E-state index contributed by atoms with van der Waals surface area (Å²) in [5.74, 6) is 0.613. The van der Waals surface area contributed by atoms with Gasteiger partial charge in [-0.2, -0.15) is 0 Å². The molecule has 0 spiro atoms. The molecule has 1 aliphatic carbocycles. The number of nitrogens with one attached hydrogen (secondary N) is 3. The number of aliphatic hydroxyl groups excluding tert-OH is 1. The molecule has 0 aromatic heterocycles. The summed E-state index contributed by atoms with van der Waals surface area (Å²) in [6.45, 7) is 9.59. The van der Waals surface area contributed by atoms with E-state index in [9.17, 15) is 19.2 Å². The van der Waals surface area contributed by atoms with Crippen LogP contribution >= 0.6 is 12.2 Å². The largest absolute Gasteiger partial charge is 0.397 e. The molecule has 1 fully saturated rings. The summed E-state index contributed by atoms with van der Waals surface area (Å²) in [6.07, 6.45) is 3.42. The lowest BCUT2D eigenvalue weighted by atomic mass is 10.2. The summed E-state index contributed by atoms with van der Waals surface area (Å²) in [4.78, 5) is 44.1. The third-order valence-electron chi connectivity index (χ3n) is 2.22. The summed E-state index contributed by atoms with van der Waals surface area (Å²) < 4.78 is 4.25. The monoisotopic (exact) mass is 500 g/mol. The Bertz CT molecular complexity index is 456. The van der Waals surface area contributed by atoms with E-state index in [0.717, 1.165) is 17.3 Å². The van der Waals surface area contributed by atoms with Crippen molar-refractivity contribution in [1.82, 2.24) is 16.1 Å². The van der Waals surface area contributed by atoms with Crippen molar-refractivity contribution in [3.05, 3.63) is 0 Å². The van der Waals surface area contributed by atoms with Gasteiger partial charge in [-0.1, -0.05) is 12.2 Å².